The van der Waals surface area contributed by atoms with Crippen molar-refractivity contribution in [1.82, 2.24) is 9.88 Å². The van der Waals surface area contributed by atoms with E-state index in [-0.39, 0.29) is 6.10 Å². The van der Waals surface area contributed by atoms with Crippen LogP contribution in [-0.4, -0.2) is 41.2 Å². The topological polar surface area (TPSA) is 48.4 Å². The summed E-state index contributed by atoms with van der Waals surface area (Å²) in [6, 6.07) is 3.72. The van der Waals surface area contributed by atoms with Gasteiger partial charge in [0.25, 0.3) is 0 Å². The molecule has 0 radical (unpaired) electrons. The number of anilines is 1. The van der Waals surface area contributed by atoms with Gasteiger partial charge in [0, 0.05) is 20.1 Å². The predicted molar refractivity (Wildman–Crippen MR) is 69.3 cm³/mol. The van der Waals surface area contributed by atoms with E-state index in [2.05, 4.69) is 15.2 Å². The van der Waals surface area contributed by atoms with Crippen molar-refractivity contribution in [3.8, 4) is 0 Å². The third kappa shape index (κ3) is 3.31. The van der Waals surface area contributed by atoms with Crippen LogP contribution >= 0.6 is 11.6 Å². The van der Waals surface area contributed by atoms with Gasteiger partial charge in [0.15, 0.2) is 0 Å². The maximum absolute atomic E-state index is 9.62. The highest BCUT2D eigenvalue weighted by molar-refractivity contribution is 6.31. The van der Waals surface area contributed by atoms with Gasteiger partial charge in [-0.2, -0.15) is 0 Å². The molecule has 0 aromatic carbocycles. The van der Waals surface area contributed by atoms with E-state index < -0.39 is 0 Å². The Labute approximate surface area is 107 Å². The number of aliphatic hydroxyl groups excluding tert-OH is 1. The van der Waals surface area contributed by atoms with Gasteiger partial charge < -0.3 is 10.4 Å². The predicted octanol–water partition coefficient (Wildman–Crippen LogP) is 1.73. The van der Waals surface area contributed by atoms with Gasteiger partial charge in [-0.1, -0.05) is 11.6 Å². The second-order valence-electron chi connectivity index (χ2n) is 4.41. The summed E-state index contributed by atoms with van der Waals surface area (Å²) in [5.41, 5.74) is 0.868. The Morgan fingerprint density at radius 3 is 3.12 bits per heavy atom. The average Bonchev–Trinajstić information content (AvgIpc) is 2.32. The summed E-state index contributed by atoms with van der Waals surface area (Å²) in [7, 11) is 1.84. The van der Waals surface area contributed by atoms with Crippen LogP contribution in [0.1, 0.15) is 18.5 Å². The molecule has 2 rings (SSSR count). The van der Waals surface area contributed by atoms with Gasteiger partial charge in [0.1, 0.15) is 5.82 Å². The van der Waals surface area contributed by atoms with E-state index in [4.69, 9.17) is 11.6 Å². The van der Waals surface area contributed by atoms with Crippen LogP contribution in [0.3, 0.4) is 0 Å². The van der Waals surface area contributed by atoms with Crippen LogP contribution in [0.4, 0.5) is 5.82 Å². The molecule has 94 valence electrons. The number of aromatic nitrogens is 1. The summed E-state index contributed by atoms with van der Waals surface area (Å²) in [6.45, 7) is 2.41. The molecule has 1 aliphatic heterocycles. The average molecular weight is 256 g/mol. The summed E-state index contributed by atoms with van der Waals surface area (Å²) in [5.74, 6) is 0.821. The van der Waals surface area contributed by atoms with Crippen LogP contribution in [-0.2, 0) is 6.54 Å². The molecule has 0 spiro atoms. The van der Waals surface area contributed by atoms with Crippen LogP contribution in [0.25, 0.3) is 0 Å². The van der Waals surface area contributed by atoms with Crippen LogP contribution in [0.5, 0.6) is 0 Å². The van der Waals surface area contributed by atoms with E-state index >= 15 is 0 Å². The van der Waals surface area contributed by atoms with Gasteiger partial charge in [-0.3, -0.25) is 4.90 Å². The first-order chi connectivity index (χ1) is 8.19. The van der Waals surface area contributed by atoms with E-state index in [1.165, 1.54) is 0 Å². The lowest BCUT2D eigenvalue weighted by Gasteiger charge is -2.29. The Kier molecular flexibility index (Phi) is 4.20. The van der Waals surface area contributed by atoms with Gasteiger partial charge in [-0.25, -0.2) is 4.98 Å². The third-order valence-corrected chi connectivity index (χ3v) is 3.37. The minimum atomic E-state index is -0.213. The molecule has 2 N–H and O–H groups in total. The zero-order valence-corrected chi connectivity index (χ0v) is 10.7. The molecule has 1 aromatic heterocycles. The number of halogens is 1. The van der Waals surface area contributed by atoms with E-state index in [0.717, 1.165) is 30.9 Å². The zero-order valence-electron chi connectivity index (χ0n) is 9.99. The van der Waals surface area contributed by atoms with Crippen molar-refractivity contribution < 1.29 is 5.11 Å². The van der Waals surface area contributed by atoms with Gasteiger partial charge in [-0.15, -0.1) is 0 Å². The molecule has 4 nitrogen and oxygen atoms in total. The van der Waals surface area contributed by atoms with Crippen molar-refractivity contribution in [2.75, 3.05) is 25.5 Å². The lowest BCUT2D eigenvalue weighted by molar-refractivity contribution is 0.0662. The minimum Gasteiger partial charge on any atom is -0.392 e. The van der Waals surface area contributed by atoms with Gasteiger partial charge in [-0.05, 0) is 31.5 Å². The highest BCUT2D eigenvalue weighted by atomic mass is 35.5. The molecule has 1 unspecified atom stereocenters. The first-order valence-electron chi connectivity index (χ1n) is 5.92. The molecule has 0 aliphatic carbocycles. The first-order valence-corrected chi connectivity index (χ1v) is 6.30. The van der Waals surface area contributed by atoms with Gasteiger partial charge in [0.2, 0.25) is 0 Å². The number of β-amino-alcohol motifs (C(OH)–C–C–N with tert-alkyl or cyclic N) is 1. The van der Waals surface area contributed by atoms with E-state index in [1.807, 2.05) is 19.2 Å². The third-order valence-electron chi connectivity index (χ3n) is 3.03. The summed E-state index contributed by atoms with van der Waals surface area (Å²) >= 11 is 6.13. The molecule has 0 amide bonds. The van der Waals surface area contributed by atoms with Crippen LogP contribution in [0.15, 0.2) is 12.1 Å². The van der Waals surface area contributed by atoms with Crippen molar-refractivity contribution in [1.29, 1.82) is 0 Å². The number of likely N-dealkylation sites (tertiary alicyclic amines) is 1. The van der Waals surface area contributed by atoms with Gasteiger partial charge >= 0.3 is 0 Å². The number of pyridine rings is 1. The fourth-order valence-corrected chi connectivity index (χ4v) is 2.29. The number of hydrogen-bond acceptors (Lipinski definition) is 4. The summed E-state index contributed by atoms with van der Waals surface area (Å²) in [4.78, 5) is 6.64. The van der Waals surface area contributed by atoms with E-state index in [1.54, 1.807) is 0 Å². The molecule has 2 heterocycles. The Balaban J connectivity index is 2.06. The molecular weight excluding hydrogens is 238 g/mol. The second kappa shape index (κ2) is 5.67. The summed E-state index contributed by atoms with van der Waals surface area (Å²) in [6.07, 6.45) is 1.72. The lowest BCUT2D eigenvalue weighted by atomic mass is 10.1. The highest BCUT2D eigenvalue weighted by Gasteiger charge is 2.19. The standard InChI is InChI=1S/C12H18ClN3O/c1-14-12-5-4-10(13)11(15-12)8-16-6-2-3-9(17)7-16/h4-5,9,17H,2-3,6-8H2,1H3,(H,14,15). The van der Waals surface area contributed by atoms with Crippen molar-refractivity contribution in [3.05, 3.63) is 22.8 Å². The molecule has 1 saturated heterocycles. The molecule has 1 fully saturated rings. The number of rotatable bonds is 3. The Morgan fingerprint density at radius 1 is 1.59 bits per heavy atom. The van der Waals surface area contributed by atoms with E-state index in [9.17, 15) is 5.11 Å². The Hall–Kier alpha value is -0.840. The lowest BCUT2D eigenvalue weighted by Crippen LogP contribution is -2.37. The van der Waals surface area contributed by atoms with E-state index in [0.29, 0.717) is 18.1 Å². The maximum Gasteiger partial charge on any atom is 0.126 e. The van der Waals surface area contributed by atoms with Crippen molar-refractivity contribution in [2.24, 2.45) is 0 Å². The van der Waals surface area contributed by atoms with Crippen LogP contribution < -0.4 is 5.32 Å². The fourth-order valence-electron chi connectivity index (χ4n) is 2.12. The molecule has 1 aliphatic rings. The molecular formula is C12H18ClN3O. The van der Waals surface area contributed by atoms with Crippen LogP contribution in [0, 0.1) is 0 Å². The maximum atomic E-state index is 9.62. The largest absolute Gasteiger partial charge is 0.392 e. The van der Waals surface area contributed by atoms with Crippen molar-refractivity contribution in [3.63, 3.8) is 0 Å². The number of aliphatic hydroxyl groups is 1. The van der Waals surface area contributed by atoms with Crippen LogP contribution in [0.2, 0.25) is 5.02 Å². The number of hydrogen-bond donors (Lipinski definition) is 2. The first kappa shape index (κ1) is 12.6. The quantitative estimate of drug-likeness (QED) is 0.864. The molecule has 17 heavy (non-hydrogen) atoms. The van der Waals surface area contributed by atoms with Crippen molar-refractivity contribution >= 4 is 17.4 Å². The molecule has 1 atom stereocenters. The minimum absolute atomic E-state index is 0.213. The summed E-state index contributed by atoms with van der Waals surface area (Å²) in [5, 5.41) is 13.3. The Bertz CT molecular complexity index is 386. The summed E-state index contributed by atoms with van der Waals surface area (Å²) < 4.78 is 0. The SMILES string of the molecule is CNc1ccc(Cl)c(CN2CCCC(O)C2)n1. The Morgan fingerprint density at radius 2 is 2.41 bits per heavy atom. The molecule has 0 saturated carbocycles. The fraction of sp³-hybridized carbons (Fsp3) is 0.583. The number of piperidine rings is 1. The monoisotopic (exact) mass is 255 g/mol. The second-order valence-corrected chi connectivity index (χ2v) is 4.81. The van der Waals surface area contributed by atoms with Crippen molar-refractivity contribution in [2.45, 2.75) is 25.5 Å². The number of nitrogens with zero attached hydrogens (tertiary/aromatic N) is 2. The molecule has 1 aromatic rings. The zero-order chi connectivity index (χ0) is 12.3. The normalized spacial score (nSPS) is 21.5. The van der Waals surface area contributed by atoms with Gasteiger partial charge in [0.05, 0.1) is 16.8 Å². The smallest absolute Gasteiger partial charge is 0.126 e. The molecule has 0 bridgehead atoms. The highest BCUT2D eigenvalue weighted by Crippen LogP contribution is 2.20. The number of nitrogens with one attached hydrogen (secondary N) is 1. The molecule has 5 heteroatoms.